The first-order valence-electron chi connectivity index (χ1n) is 5.65. The van der Waals surface area contributed by atoms with Gasteiger partial charge in [-0.25, -0.2) is 21.6 Å². The summed E-state index contributed by atoms with van der Waals surface area (Å²) in [4.78, 5) is -0.451. The van der Waals surface area contributed by atoms with E-state index in [0.717, 1.165) is 6.26 Å². The maximum absolute atomic E-state index is 12.0. The zero-order valence-electron chi connectivity index (χ0n) is 10.8. The zero-order chi connectivity index (χ0) is 14.5. The van der Waals surface area contributed by atoms with E-state index in [1.54, 1.807) is 6.92 Å². The largest absolute Gasteiger partial charge is 0.380 e. The molecule has 0 saturated heterocycles. The van der Waals surface area contributed by atoms with Crippen molar-refractivity contribution in [1.29, 1.82) is 0 Å². The Hall–Kier alpha value is -0.960. The predicted molar refractivity (Wildman–Crippen MR) is 71.2 cm³/mol. The molecule has 108 valence electrons. The minimum absolute atomic E-state index is 0.0915. The van der Waals surface area contributed by atoms with Crippen molar-refractivity contribution in [1.82, 2.24) is 4.72 Å². The molecule has 0 fully saturated rings. The summed E-state index contributed by atoms with van der Waals surface area (Å²) in [6.45, 7) is 2.61. The van der Waals surface area contributed by atoms with Gasteiger partial charge in [-0.2, -0.15) is 0 Å². The lowest BCUT2D eigenvalue weighted by atomic mass is 10.4. The highest BCUT2D eigenvalue weighted by atomic mass is 32.2. The van der Waals surface area contributed by atoms with E-state index in [-0.39, 0.29) is 22.9 Å². The topological polar surface area (TPSA) is 89.5 Å². The van der Waals surface area contributed by atoms with Gasteiger partial charge in [0.2, 0.25) is 10.0 Å². The molecule has 6 nitrogen and oxygen atoms in total. The van der Waals surface area contributed by atoms with Gasteiger partial charge >= 0.3 is 0 Å². The van der Waals surface area contributed by atoms with Gasteiger partial charge in [0.1, 0.15) is 4.90 Å². The Labute approximate surface area is 113 Å². The van der Waals surface area contributed by atoms with E-state index in [0.29, 0.717) is 6.61 Å². The van der Waals surface area contributed by atoms with Gasteiger partial charge in [0.05, 0.1) is 11.5 Å². The molecule has 0 aliphatic rings. The van der Waals surface area contributed by atoms with Crippen molar-refractivity contribution in [3.8, 4) is 0 Å². The molecule has 1 aromatic carbocycles. The molecule has 0 atom stereocenters. The maximum Gasteiger partial charge on any atom is 0.241 e. The number of benzene rings is 1. The average Bonchev–Trinajstić information content (AvgIpc) is 2.34. The highest BCUT2D eigenvalue weighted by Crippen LogP contribution is 2.19. The molecule has 8 heteroatoms. The number of hydrogen-bond acceptors (Lipinski definition) is 5. The van der Waals surface area contributed by atoms with Gasteiger partial charge in [-0.1, -0.05) is 12.1 Å². The SMILES string of the molecule is CCOCCNS(=O)(=O)c1ccccc1S(C)(=O)=O. The number of ether oxygens (including phenoxy) is 1. The normalized spacial score (nSPS) is 12.5. The summed E-state index contributed by atoms with van der Waals surface area (Å²) in [5, 5.41) is 0. The van der Waals surface area contributed by atoms with Crippen molar-refractivity contribution >= 4 is 19.9 Å². The molecule has 0 bridgehead atoms. The van der Waals surface area contributed by atoms with Crippen LogP contribution in [0.1, 0.15) is 6.92 Å². The van der Waals surface area contributed by atoms with Gasteiger partial charge in [0.25, 0.3) is 0 Å². The zero-order valence-corrected chi connectivity index (χ0v) is 12.4. The highest BCUT2D eigenvalue weighted by Gasteiger charge is 2.22. The molecule has 0 radical (unpaired) electrons. The van der Waals surface area contributed by atoms with Gasteiger partial charge in [0.15, 0.2) is 9.84 Å². The third-order valence-electron chi connectivity index (χ3n) is 2.28. The Kier molecular flexibility index (Phi) is 5.48. The summed E-state index contributed by atoms with van der Waals surface area (Å²) in [7, 11) is -7.47. The molecule has 19 heavy (non-hydrogen) atoms. The van der Waals surface area contributed by atoms with Gasteiger partial charge in [-0.05, 0) is 19.1 Å². The van der Waals surface area contributed by atoms with Crippen LogP contribution in [0.5, 0.6) is 0 Å². The first-order valence-corrected chi connectivity index (χ1v) is 9.03. The van der Waals surface area contributed by atoms with Crippen LogP contribution in [0.4, 0.5) is 0 Å². The monoisotopic (exact) mass is 307 g/mol. The number of sulfone groups is 1. The summed E-state index contributed by atoms with van der Waals surface area (Å²) in [5.74, 6) is 0. The highest BCUT2D eigenvalue weighted by molar-refractivity contribution is 7.93. The van der Waals surface area contributed by atoms with Crippen molar-refractivity contribution in [2.24, 2.45) is 0 Å². The van der Waals surface area contributed by atoms with Crippen LogP contribution in [0.3, 0.4) is 0 Å². The summed E-state index contributed by atoms with van der Waals surface area (Å²) >= 11 is 0. The van der Waals surface area contributed by atoms with Crippen LogP contribution in [0.25, 0.3) is 0 Å². The van der Waals surface area contributed by atoms with Crippen molar-refractivity contribution in [3.63, 3.8) is 0 Å². The molecule has 0 spiro atoms. The Morgan fingerprint density at radius 1 is 1.11 bits per heavy atom. The van der Waals surface area contributed by atoms with Gasteiger partial charge in [0, 0.05) is 19.4 Å². The van der Waals surface area contributed by atoms with Gasteiger partial charge < -0.3 is 4.74 Å². The summed E-state index contributed by atoms with van der Waals surface area (Å²) in [5.41, 5.74) is 0. The van der Waals surface area contributed by atoms with E-state index in [1.165, 1.54) is 24.3 Å². The van der Waals surface area contributed by atoms with Crippen LogP contribution in [-0.2, 0) is 24.6 Å². The lowest BCUT2D eigenvalue weighted by Crippen LogP contribution is -2.28. The molecule has 0 aliphatic heterocycles. The molecule has 0 aromatic heterocycles. The number of rotatable bonds is 7. The molecule has 0 unspecified atom stereocenters. The second-order valence-corrected chi connectivity index (χ2v) is 7.53. The van der Waals surface area contributed by atoms with Crippen LogP contribution in [0, 0.1) is 0 Å². The predicted octanol–water partition coefficient (Wildman–Crippen LogP) is 0.405. The van der Waals surface area contributed by atoms with Crippen molar-refractivity contribution in [2.75, 3.05) is 26.0 Å². The molecule has 1 rings (SSSR count). The maximum atomic E-state index is 12.0. The van der Waals surface area contributed by atoms with E-state index in [9.17, 15) is 16.8 Å². The molecule has 0 amide bonds. The van der Waals surface area contributed by atoms with Crippen molar-refractivity contribution in [3.05, 3.63) is 24.3 Å². The summed E-state index contributed by atoms with van der Waals surface area (Å²) < 4.78 is 54.5. The minimum atomic E-state index is -3.86. The van der Waals surface area contributed by atoms with E-state index < -0.39 is 19.9 Å². The lowest BCUT2D eigenvalue weighted by molar-refractivity contribution is 0.153. The summed E-state index contributed by atoms with van der Waals surface area (Å²) in [6.07, 6.45) is 0.974. The van der Waals surface area contributed by atoms with E-state index >= 15 is 0 Å². The molecule has 1 aromatic rings. The third kappa shape index (κ3) is 4.57. The van der Waals surface area contributed by atoms with Crippen molar-refractivity contribution in [2.45, 2.75) is 16.7 Å². The minimum Gasteiger partial charge on any atom is -0.380 e. The van der Waals surface area contributed by atoms with Gasteiger partial charge in [-0.15, -0.1) is 0 Å². The second kappa shape index (κ2) is 6.47. The van der Waals surface area contributed by atoms with E-state index in [1.807, 2.05) is 0 Å². The van der Waals surface area contributed by atoms with Crippen LogP contribution in [-0.4, -0.2) is 42.8 Å². The van der Waals surface area contributed by atoms with Crippen LogP contribution in [0.15, 0.2) is 34.1 Å². The number of sulfonamides is 1. The first-order chi connectivity index (χ1) is 8.79. The molecular weight excluding hydrogens is 290 g/mol. The third-order valence-corrected chi connectivity index (χ3v) is 5.08. The average molecular weight is 307 g/mol. The Bertz CT molecular complexity index is 622. The Balaban J connectivity index is 3.02. The second-order valence-electron chi connectivity index (χ2n) is 3.81. The molecule has 0 saturated carbocycles. The molecule has 0 aliphatic carbocycles. The smallest absolute Gasteiger partial charge is 0.241 e. The molecule has 1 N–H and O–H groups in total. The fraction of sp³-hybridized carbons (Fsp3) is 0.455. The molecular formula is C11H17NO5S2. The quantitative estimate of drug-likeness (QED) is 0.737. The number of hydrogen-bond donors (Lipinski definition) is 1. The standard InChI is InChI=1S/C11H17NO5S2/c1-3-17-9-8-12-19(15,16)11-7-5-4-6-10(11)18(2,13)14/h4-7,12H,3,8-9H2,1-2H3. The van der Waals surface area contributed by atoms with Crippen LogP contribution >= 0.6 is 0 Å². The Morgan fingerprint density at radius 3 is 2.21 bits per heavy atom. The number of nitrogens with one attached hydrogen (secondary N) is 1. The van der Waals surface area contributed by atoms with Gasteiger partial charge in [-0.3, -0.25) is 0 Å². The fourth-order valence-electron chi connectivity index (χ4n) is 1.45. The Morgan fingerprint density at radius 2 is 1.68 bits per heavy atom. The van der Waals surface area contributed by atoms with Crippen LogP contribution < -0.4 is 4.72 Å². The fourth-order valence-corrected chi connectivity index (χ4v) is 4.09. The summed E-state index contributed by atoms with van der Waals surface area (Å²) in [6, 6.07) is 5.49. The van der Waals surface area contributed by atoms with Crippen LogP contribution in [0.2, 0.25) is 0 Å². The van der Waals surface area contributed by atoms with E-state index in [4.69, 9.17) is 4.74 Å². The first kappa shape index (κ1) is 16.1. The van der Waals surface area contributed by atoms with E-state index in [2.05, 4.69) is 4.72 Å². The van der Waals surface area contributed by atoms with Crippen molar-refractivity contribution < 1.29 is 21.6 Å². The molecule has 0 heterocycles. The lowest BCUT2D eigenvalue weighted by Gasteiger charge is -2.10.